The zero-order chi connectivity index (χ0) is 17.0. The van der Waals surface area contributed by atoms with Crippen molar-refractivity contribution in [1.29, 1.82) is 0 Å². The van der Waals surface area contributed by atoms with Crippen LogP contribution in [0.2, 0.25) is 0 Å². The zero-order valence-corrected chi connectivity index (χ0v) is 12.6. The van der Waals surface area contributed by atoms with Crippen molar-refractivity contribution in [3.63, 3.8) is 0 Å². The predicted octanol–water partition coefficient (Wildman–Crippen LogP) is 0.698. The van der Waals surface area contributed by atoms with Crippen LogP contribution in [0.5, 0.6) is 0 Å². The number of carbonyl (C=O) groups excluding carboxylic acids is 2. The van der Waals surface area contributed by atoms with E-state index >= 15 is 0 Å². The molecule has 1 saturated heterocycles. The molecule has 1 amide bonds. The second-order valence-corrected chi connectivity index (χ2v) is 5.18. The first-order chi connectivity index (χ1) is 10.9. The number of pyridine rings is 1. The van der Waals surface area contributed by atoms with Gasteiger partial charge >= 0.3 is 5.97 Å². The summed E-state index contributed by atoms with van der Waals surface area (Å²) in [6.45, 7) is 2.63. The van der Waals surface area contributed by atoms with E-state index in [-0.39, 0.29) is 23.1 Å². The number of hydrogen-bond acceptors (Lipinski definition) is 6. The van der Waals surface area contributed by atoms with Crippen molar-refractivity contribution in [2.45, 2.75) is 19.8 Å². The van der Waals surface area contributed by atoms with Crippen LogP contribution in [0.25, 0.3) is 0 Å². The second kappa shape index (κ2) is 7.03. The molecule has 1 aromatic heterocycles. The van der Waals surface area contributed by atoms with Crippen LogP contribution in [0, 0.1) is 16.0 Å². The number of amides is 1. The summed E-state index contributed by atoms with van der Waals surface area (Å²) in [7, 11) is 0. The van der Waals surface area contributed by atoms with Gasteiger partial charge in [0.1, 0.15) is 5.56 Å². The van der Waals surface area contributed by atoms with E-state index < -0.39 is 16.4 Å². The SMILES string of the molecule is CCOC(=O)C1CCN(C(=O)c2cc([N+](=O)[O-])c[nH]c2=O)CC1. The number of nitrogens with one attached hydrogen (secondary N) is 1. The average Bonchev–Trinajstić information content (AvgIpc) is 2.55. The van der Waals surface area contributed by atoms with Gasteiger partial charge in [-0.05, 0) is 19.8 Å². The van der Waals surface area contributed by atoms with Crippen LogP contribution in [-0.2, 0) is 9.53 Å². The van der Waals surface area contributed by atoms with Crippen molar-refractivity contribution in [2.24, 2.45) is 5.92 Å². The Balaban J connectivity index is 2.08. The van der Waals surface area contributed by atoms with Crippen molar-refractivity contribution in [3.8, 4) is 0 Å². The number of H-pyrrole nitrogens is 1. The van der Waals surface area contributed by atoms with E-state index in [1.165, 1.54) is 4.90 Å². The molecule has 0 bridgehead atoms. The first-order valence-corrected chi connectivity index (χ1v) is 7.27. The highest BCUT2D eigenvalue weighted by Crippen LogP contribution is 2.20. The summed E-state index contributed by atoms with van der Waals surface area (Å²) in [5.41, 5.74) is -1.30. The van der Waals surface area contributed by atoms with Crippen LogP contribution in [0.15, 0.2) is 17.1 Å². The van der Waals surface area contributed by atoms with Crippen molar-refractivity contribution in [1.82, 2.24) is 9.88 Å². The number of aromatic amines is 1. The number of rotatable bonds is 4. The van der Waals surface area contributed by atoms with Crippen molar-refractivity contribution in [2.75, 3.05) is 19.7 Å². The molecular formula is C14H17N3O6. The Morgan fingerprint density at radius 2 is 2.09 bits per heavy atom. The Morgan fingerprint density at radius 1 is 1.43 bits per heavy atom. The van der Waals surface area contributed by atoms with E-state index in [1.807, 2.05) is 0 Å². The summed E-state index contributed by atoms with van der Waals surface area (Å²) in [5, 5.41) is 10.8. The Labute approximate surface area is 131 Å². The molecule has 23 heavy (non-hydrogen) atoms. The molecular weight excluding hydrogens is 306 g/mol. The van der Waals surface area contributed by atoms with Gasteiger partial charge in [0.25, 0.3) is 17.2 Å². The number of nitro groups is 1. The zero-order valence-electron chi connectivity index (χ0n) is 12.6. The third-order valence-corrected chi connectivity index (χ3v) is 3.73. The minimum absolute atomic E-state index is 0.262. The van der Waals surface area contributed by atoms with E-state index in [0.717, 1.165) is 12.3 Å². The fraction of sp³-hybridized carbons (Fsp3) is 0.500. The maximum absolute atomic E-state index is 12.4. The van der Waals surface area contributed by atoms with Gasteiger partial charge in [0.2, 0.25) is 0 Å². The van der Waals surface area contributed by atoms with Crippen LogP contribution < -0.4 is 5.56 Å². The third-order valence-electron chi connectivity index (χ3n) is 3.73. The smallest absolute Gasteiger partial charge is 0.309 e. The van der Waals surface area contributed by atoms with E-state index in [1.54, 1.807) is 6.92 Å². The van der Waals surface area contributed by atoms with E-state index in [2.05, 4.69) is 4.98 Å². The molecule has 1 aliphatic rings. The predicted molar refractivity (Wildman–Crippen MR) is 79.0 cm³/mol. The van der Waals surface area contributed by atoms with Crippen LogP contribution in [0.4, 0.5) is 5.69 Å². The molecule has 0 spiro atoms. The molecule has 0 atom stereocenters. The van der Waals surface area contributed by atoms with Gasteiger partial charge in [-0.15, -0.1) is 0 Å². The fourth-order valence-corrected chi connectivity index (χ4v) is 2.49. The standard InChI is InChI=1S/C14H17N3O6/c1-2-23-14(20)9-3-5-16(6-4-9)13(19)11-7-10(17(21)22)8-15-12(11)18/h7-9H,2-6H2,1H3,(H,15,18). The highest BCUT2D eigenvalue weighted by Gasteiger charge is 2.30. The van der Waals surface area contributed by atoms with Gasteiger partial charge in [0.05, 0.1) is 23.6 Å². The summed E-state index contributed by atoms with van der Waals surface area (Å²) < 4.78 is 4.95. The minimum Gasteiger partial charge on any atom is -0.466 e. The van der Waals surface area contributed by atoms with E-state index in [9.17, 15) is 24.5 Å². The number of ether oxygens (including phenoxy) is 1. The van der Waals surface area contributed by atoms with Gasteiger partial charge in [-0.2, -0.15) is 0 Å². The quantitative estimate of drug-likeness (QED) is 0.494. The molecule has 1 fully saturated rings. The van der Waals surface area contributed by atoms with Gasteiger partial charge in [0, 0.05) is 19.2 Å². The molecule has 1 aliphatic heterocycles. The molecule has 0 aliphatic carbocycles. The Bertz CT molecular complexity index is 675. The lowest BCUT2D eigenvalue weighted by molar-refractivity contribution is -0.385. The molecule has 1 N–H and O–H groups in total. The van der Waals surface area contributed by atoms with E-state index in [0.29, 0.717) is 32.5 Å². The number of carbonyl (C=O) groups is 2. The summed E-state index contributed by atoms with van der Waals surface area (Å²) in [6.07, 6.45) is 1.83. The maximum atomic E-state index is 12.4. The van der Waals surface area contributed by atoms with Crippen molar-refractivity contribution in [3.05, 3.63) is 38.3 Å². The largest absolute Gasteiger partial charge is 0.466 e. The van der Waals surface area contributed by atoms with Gasteiger partial charge in [0.15, 0.2) is 0 Å². The van der Waals surface area contributed by atoms with Crippen LogP contribution in [-0.4, -0.2) is 46.4 Å². The normalized spacial score (nSPS) is 15.3. The van der Waals surface area contributed by atoms with Crippen LogP contribution >= 0.6 is 0 Å². The van der Waals surface area contributed by atoms with Crippen molar-refractivity contribution >= 4 is 17.6 Å². The van der Waals surface area contributed by atoms with Crippen LogP contribution in [0.3, 0.4) is 0 Å². The number of likely N-dealkylation sites (tertiary alicyclic amines) is 1. The second-order valence-electron chi connectivity index (χ2n) is 5.18. The summed E-state index contributed by atoms with van der Waals surface area (Å²) in [4.78, 5) is 49.4. The summed E-state index contributed by atoms with van der Waals surface area (Å²) in [5.74, 6) is -1.12. The first kappa shape index (κ1) is 16.7. The molecule has 0 saturated carbocycles. The van der Waals surface area contributed by atoms with Gasteiger partial charge in [-0.25, -0.2) is 0 Å². The number of aromatic nitrogens is 1. The van der Waals surface area contributed by atoms with Crippen molar-refractivity contribution < 1.29 is 19.2 Å². The molecule has 2 rings (SSSR count). The average molecular weight is 323 g/mol. The van der Waals surface area contributed by atoms with Gasteiger partial charge in [-0.3, -0.25) is 24.5 Å². The molecule has 9 nitrogen and oxygen atoms in total. The maximum Gasteiger partial charge on any atom is 0.309 e. The van der Waals surface area contributed by atoms with E-state index in [4.69, 9.17) is 4.74 Å². The molecule has 0 radical (unpaired) electrons. The topological polar surface area (TPSA) is 123 Å². The molecule has 1 aromatic rings. The number of hydrogen-bond donors (Lipinski definition) is 1. The first-order valence-electron chi connectivity index (χ1n) is 7.27. The molecule has 0 unspecified atom stereocenters. The number of piperidine rings is 1. The van der Waals surface area contributed by atoms with Crippen LogP contribution in [0.1, 0.15) is 30.1 Å². The monoisotopic (exact) mass is 323 g/mol. The van der Waals surface area contributed by atoms with Gasteiger partial charge < -0.3 is 14.6 Å². The lowest BCUT2D eigenvalue weighted by Crippen LogP contribution is -2.42. The third kappa shape index (κ3) is 3.74. The highest BCUT2D eigenvalue weighted by atomic mass is 16.6. The minimum atomic E-state index is -0.681. The lowest BCUT2D eigenvalue weighted by atomic mass is 9.96. The Morgan fingerprint density at radius 3 is 2.65 bits per heavy atom. The number of nitrogens with zero attached hydrogens (tertiary/aromatic N) is 2. The number of esters is 1. The molecule has 0 aromatic carbocycles. The summed E-state index contributed by atoms with van der Waals surface area (Å²) in [6, 6.07) is 0.971. The van der Waals surface area contributed by atoms with Gasteiger partial charge in [-0.1, -0.05) is 0 Å². The molecule has 124 valence electrons. The highest BCUT2D eigenvalue weighted by molar-refractivity contribution is 5.94. The Kier molecular flexibility index (Phi) is 5.09. The summed E-state index contributed by atoms with van der Waals surface area (Å²) >= 11 is 0. The Hall–Kier alpha value is -2.71. The lowest BCUT2D eigenvalue weighted by Gasteiger charge is -2.30. The fourth-order valence-electron chi connectivity index (χ4n) is 2.49. The molecule has 9 heteroatoms. The molecule has 2 heterocycles.